The molecule has 2 N–H and O–H groups in total. The summed E-state index contributed by atoms with van der Waals surface area (Å²) in [6, 6.07) is 8.62. The largest absolute Gasteiger partial charge is 0.381 e. The van der Waals surface area contributed by atoms with Crippen LogP contribution in [0.25, 0.3) is 0 Å². The van der Waals surface area contributed by atoms with E-state index in [0.717, 1.165) is 91.2 Å². The van der Waals surface area contributed by atoms with Gasteiger partial charge >= 0.3 is 0 Å². The number of hydrogen-bond donors (Lipinski definition) is 2. The summed E-state index contributed by atoms with van der Waals surface area (Å²) < 4.78 is 16.6. The quantitative estimate of drug-likeness (QED) is 0.351. The van der Waals surface area contributed by atoms with E-state index in [1.54, 1.807) is 0 Å². The first-order chi connectivity index (χ1) is 14.3. The minimum atomic E-state index is 0.579. The molecule has 1 aromatic carbocycles. The zero-order chi connectivity index (χ0) is 20.2. The van der Waals surface area contributed by atoms with Crippen LogP contribution >= 0.6 is 0 Å². The molecule has 29 heavy (non-hydrogen) atoms. The van der Waals surface area contributed by atoms with Gasteiger partial charge < -0.3 is 24.8 Å². The third-order valence-electron chi connectivity index (χ3n) is 5.42. The highest BCUT2D eigenvalue weighted by molar-refractivity contribution is 5.79. The lowest BCUT2D eigenvalue weighted by molar-refractivity contribution is 0.0341. The molecular formula is C22H36N4O3. The van der Waals surface area contributed by atoms with E-state index >= 15 is 0 Å². The van der Waals surface area contributed by atoms with Crippen molar-refractivity contribution < 1.29 is 14.2 Å². The van der Waals surface area contributed by atoms with Crippen molar-refractivity contribution in [1.29, 1.82) is 0 Å². The third kappa shape index (κ3) is 7.93. The minimum absolute atomic E-state index is 0.579. The minimum Gasteiger partial charge on any atom is -0.381 e. The fourth-order valence-electron chi connectivity index (χ4n) is 3.63. The Morgan fingerprint density at radius 1 is 1.14 bits per heavy atom. The molecule has 0 aromatic heterocycles. The van der Waals surface area contributed by atoms with Gasteiger partial charge in [-0.2, -0.15) is 0 Å². The molecule has 0 amide bonds. The topological polar surface area (TPSA) is 67.4 Å². The second-order valence-corrected chi connectivity index (χ2v) is 7.67. The van der Waals surface area contributed by atoms with E-state index in [9.17, 15) is 0 Å². The van der Waals surface area contributed by atoms with Gasteiger partial charge in [0.05, 0.1) is 26.4 Å². The first kappa shape index (κ1) is 22.0. The molecule has 162 valence electrons. The standard InChI is InChI=1S/C22H36N4O3/c1-23-22(24-8-4-11-28-17-19-7-12-29-18-19)25-15-20-5-2-3-6-21(20)16-26-9-13-27-14-10-26/h2-3,5-6,19H,4,7-18H2,1H3,(H2,23,24,25). The smallest absolute Gasteiger partial charge is 0.191 e. The van der Waals surface area contributed by atoms with Gasteiger partial charge in [0.1, 0.15) is 0 Å². The zero-order valence-electron chi connectivity index (χ0n) is 17.7. The number of nitrogens with zero attached hydrogens (tertiary/aromatic N) is 2. The van der Waals surface area contributed by atoms with Crippen LogP contribution in [0.3, 0.4) is 0 Å². The van der Waals surface area contributed by atoms with Crippen molar-refractivity contribution in [3.63, 3.8) is 0 Å². The van der Waals surface area contributed by atoms with Crippen LogP contribution in [0, 0.1) is 5.92 Å². The molecule has 7 nitrogen and oxygen atoms in total. The van der Waals surface area contributed by atoms with Gasteiger partial charge in [-0.1, -0.05) is 24.3 Å². The summed E-state index contributed by atoms with van der Waals surface area (Å²) >= 11 is 0. The van der Waals surface area contributed by atoms with Crippen LogP contribution < -0.4 is 10.6 Å². The monoisotopic (exact) mass is 404 g/mol. The number of benzene rings is 1. The number of guanidine groups is 1. The van der Waals surface area contributed by atoms with Crippen molar-refractivity contribution in [2.75, 3.05) is 66.3 Å². The summed E-state index contributed by atoms with van der Waals surface area (Å²) in [5.74, 6) is 1.41. The summed E-state index contributed by atoms with van der Waals surface area (Å²) in [5.41, 5.74) is 2.67. The van der Waals surface area contributed by atoms with Crippen LogP contribution in [-0.4, -0.2) is 77.2 Å². The highest BCUT2D eigenvalue weighted by Gasteiger charge is 2.15. The van der Waals surface area contributed by atoms with Gasteiger partial charge in [-0.15, -0.1) is 0 Å². The molecule has 1 unspecified atom stereocenters. The lowest BCUT2D eigenvalue weighted by Crippen LogP contribution is -2.38. The van der Waals surface area contributed by atoms with Crippen LogP contribution in [0.1, 0.15) is 24.0 Å². The SMILES string of the molecule is CN=C(NCCCOCC1CCOC1)NCc1ccccc1CN1CCOCC1. The van der Waals surface area contributed by atoms with Crippen molar-refractivity contribution >= 4 is 5.96 Å². The molecule has 2 saturated heterocycles. The highest BCUT2D eigenvalue weighted by atomic mass is 16.5. The molecule has 0 aliphatic carbocycles. The number of hydrogen-bond acceptors (Lipinski definition) is 5. The van der Waals surface area contributed by atoms with Crippen molar-refractivity contribution in [3.05, 3.63) is 35.4 Å². The lowest BCUT2D eigenvalue weighted by Gasteiger charge is -2.27. The van der Waals surface area contributed by atoms with Crippen LogP contribution in [0.4, 0.5) is 0 Å². The van der Waals surface area contributed by atoms with Crippen LogP contribution in [0.15, 0.2) is 29.3 Å². The van der Waals surface area contributed by atoms with Crippen molar-refractivity contribution in [2.45, 2.75) is 25.9 Å². The first-order valence-corrected chi connectivity index (χ1v) is 10.8. The van der Waals surface area contributed by atoms with Gasteiger partial charge in [-0.25, -0.2) is 0 Å². The van der Waals surface area contributed by atoms with Crippen molar-refractivity contribution in [2.24, 2.45) is 10.9 Å². The van der Waals surface area contributed by atoms with Gasteiger partial charge in [0.25, 0.3) is 0 Å². The van der Waals surface area contributed by atoms with Crippen LogP contribution in [0.2, 0.25) is 0 Å². The predicted octanol–water partition coefficient (Wildman–Crippen LogP) is 1.63. The summed E-state index contributed by atoms with van der Waals surface area (Å²) in [4.78, 5) is 6.79. The predicted molar refractivity (Wildman–Crippen MR) is 115 cm³/mol. The van der Waals surface area contributed by atoms with E-state index in [1.165, 1.54) is 11.1 Å². The Balaban J connectivity index is 1.34. The van der Waals surface area contributed by atoms with E-state index < -0.39 is 0 Å². The second kappa shape index (κ2) is 12.8. The maximum atomic E-state index is 5.76. The second-order valence-electron chi connectivity index (χ2n) is 7.67. The molecule has 2 heterocycles. The van der Waals surface area contributed by atoms with Crippen molar-refractivity contribution in [3.8, 4) is 0 Å². The lowest BCUT2D eigenvalue weighted by atomic mass is 10.1. The number of aliphatic imine (C=N–C) groups is 1. The average Bonchev–Trinajstić information content (AvgIpc) is 3.28. The fourth-order valence-corrected chi connectivity index (χ4v) is 3.63. The molecule has 0 bridgehead atoms. The molecule has 0 radical (unpaired) electrons. The number of rotatable bonds is 10. The summed E-state index contributed by atoms with van der Waals surface area (Å²) in [7, 11) is 1.81. The Bertz CT molecular complexity index is 614. The molecule has 2 fully saturated rings. The van der Waals surface area contributed by atoms with E-state index in [0.29, 0.717) is 5.92 Å². The van der Waals surface area contributed by atoms with E-state index in [2.05, 4.69) is 44.8 Å². The Labute approximate surface area is 174 Å². The van der Waals surface area contributed by atoms with Gasteiger partial charge in [0.2, 0.25) is 0 Å². The highest BCUT2D eigenvalue weighted by Crippen LogP contribution is 2.13. The molecule has 1 atom stereocenters. The van der Waals surface area contributed by atoms with Crippen molar-refractivity contribution in [1.82, 2.24) is 15.5 Å². The molecule has 2 aliphatic rings. The maximum Gasteiger partial charge on any atom is 0.191 e. The number of ether oxygens (including phenoxy) is 3. The molecule has 0 saturated carbocycles. The molecule has 2 aliphatic heterocycles. The Kier molecular flexibility index (Phi) is 9.72. The fraction of sp³-hybridized carbons (Fsp3) is 0.682. The Morgan fingerprint density at radius 3 is 2.72 bits per heavy atom. The van der Waals surface area contributed by atoms with Crippen LogP contribution in [-0.2, 0) is 27.3 Å². The molecule has 3 rings (SSSR count). The average molecular weight is 405 g/mol. The van der Waals surface area contributed by atoms with Crippen LogP contribution in [0.5, 0.6) is 0 Å². The van der Waals surface area contributed by atoms with Gasteiger partial charge in [0, 0.05) is 58.9 Å². The maximum absolute atomic E-state index is 5.76. The molecular weight excluding hydrogens is 368 g/mol. The van der Waals surface area contributed by atoms with Gasteiger partial charge in [0.15, 0.2) is 5.96 Å². The molecule has 7 heteroatoms. The summed E-state index contributed by atoms with van der Waals surface area (Å²) in [6.45, 7) is 9.54. The van der Waals surface area contributed by atoms with E-state index in [4.69, 9.17) is 14.2 Å². The molecule has 0 spiro atoms. The first-order valence-electron chi connectivity index (χ1n) is 10.8. The third-order valence-corrected chi connectivity index (χ3v) is 5.42. The number of nitrogens with one attached hydrogen (secondary N) is 2. The molecule has 1 aromatic rings. The summed E-state index contributed by atoms with van der Waals surface area (Å²) in [6.07, 6.45) is 2.09. The van der Waals surface area contributed by atoms with Gasteiger partial charge in [-0.3, -0.25) is 9.89 Å². The normalized spacial score (nSPS) is 20.7. The Morgan fingerprint density at radius 2 is 1.97 bits per heavy atom. The number of morpholine rings is 1. The van der Waals surface area contributed by atoms with E-state index in [1.807, 2.05) is 7.05 Å². The summed E-state index contributed by atoms with van der Waals surface area (Å²) in [5, 5.41) is 6.81. The van der Waals surface area contributed by atoms with Gasteiger partial charge in [-0.05, 0) is 24.0 Å². The van der Waals surface area contributed by atoms with E-state index in [-0.39, 0.29) is 0 Å². The zero-order valence-corrected chi connectivity index (χ0v) is 17.7. The Hall–Kier alpha value is -1.67.